The fourth-order valence-corrected chi connectivity index (χ4v) is 4.05. The van der Waals surface area contributed by atoms with Gasteiger partial charge in [-0.05, 0) is 55.8 Å². The average molecular weight is 293 g/mol. The summed E-state index contributed by atoms with van der Waals surface area (Å²) in [6.07, 6.45) is 5.54. The zero-order chi connectivity index (χ0) is 13.9. The van der Waals surface area contributed by atoms with E-state index in [0.717, 1.165) is 23.5 Å². The lowest BCUT2D eigenvalue weighted by molar-refractivity contribution is 0.203. The lowest BCUT2D eigenvalue weighted by atomic mass is 10.0. The monoisotopic (exact) mass is 292 g/mol. The molecule has 3 rings (SSSR count). The molecule has 1 saturated carbocycles. The molecule has 1 aromatic rings. The van der Waals surface area contributed by atoms with Crippen molar-refractivity contribution in [2.75, 3.05) is 19.6 Å². The van der Waals surface area contributed by atoms with Gasteiger partial charge in [0.25, 0.3) is 0 Å². The number of rotatable bonds is 6. The van der Waals surface area contributed by atoms with Gasteiger partial charge in [-0.1, -0.05) is 30.7 Å². The number of nitrogens with one attached hydrogen (secondary N) is 1. The highest BCUT2D eigenvalue weighted by molar-refractivity contribution is 6.30. The van der Waals surface area contributed by atoms with Crippen LogP contribution in [0.15, 0.2) is 24.3 Å². The van der Waals surface area contributed by atoms with Gasteiger partial charge < -0.3 is 10.2 Å². The van der Waals surface area contributed by atoms with E-state index in [1.165, 1.54) is 44.3 Å². The molecule has 1 aliphatic heterocycles. The molecule has 0 radical (unpaired) electrons. The van der Waals surface area contributed by atoms with Crippen molar-refractivity contribution in [1.82, 2.24) is 10.2 Å². The maximum absolute atomic E-state index is 5.99. The van der Waals surface area contributed by atoms with Crippen LogP contribution >= 0.6 is 11.6 Å². The number of hydrogen-bond donors (Lipinski definition) is 1. The summed E-state index contributed by atoms with van der Waals surface area (Å²) in [5.74, 6) is 0.994. The Hall–Kier alpha value is -0.570. The summed E-state index contributed by atoms with van der Waals surface area (Å²) in [7, 11) is 0. The van der Waals surface area contributed by atoms with Crippen LogP contribution in [0.1, 0.15) is 44.2 Å². The van der Waals surface area contributed by atoms with Gasteiger partial charge in [0.05, 0.1) is 0 Å². The smallest absolute Gasteiger partial charge is 0.0406 e. The first-order chi connectivity index (χ1) is 9.76. The summed E-state index contributed by atoms with van der Waals surface area (Å²) < 4.78 is 0. The quantitative estimate of drug-likeness (QED) is 0.856. The Bertz CT molecular complexity index is 431. The molecular formula is C17H25ClN2. The zero-order valence-electron chi connectivity index (χ0n) is 12.3. The lowest BCUT2D eigenvalue weighted by Crippen LogP contribution is -2.35. The second-order valence-corrected chi connectivity index (χ2v) is 6.71. The molecule has 1 saturated heterocycles. The third kappa shape index (κ3) is 3.19. The highest BCUT2D eigenvalue weighted by Crippen LogP contribution is 2.37. The van der Waals surface area contributed by atoms with Gasteiger partial charge in [-0.15, -0.1) is 0 Å². The Morgan fingerprint density at radius 2 is 2.10 bits per heavy atom. The number of fused-ring (bicyclic) bond motifs is 2. The number of hydrogen-bond acceptors (Lipinski definition) is 2. The summed E-state index contributed by atoms with van der Waals surface area (Å²) in [5, 5.41) is 4.44. The van der Waals surface area contributed by atoms with E-state index in [1.54, 1.807) is 0 Å². The zero-order valence-corrected chi connectivity index (χ0v) is 13.1. The molecular weight excluding hydrogens is 268 g/mol. The molecule has 3 heteroatoms. The number of likely N-dealkylation sites (tertiary alicyclic amines) is 1. The molecule has 2 aliphatic rings. The Kier molecular flexibility index (Phi) is 4.65. The maximum Gasteiger partial charge on any atom is 0.0406 e. The first-order valence-corrected chi connectivity index (χ1v) is 8.37. The fourth-order valence-electron chi connectivity index (χ4n) is 3.92. The first kappa shape index (κ1) is 14.4. The van der Waals surface area contributed by atoms with Crippen LogP contribution in [0.2, 0.25) is 5.02 Å². The Morgan fingerprint density at radius 3 is 2.70 bits per heavy atom. The van der Waals surface area contributed by atoms with Crippen molar-refractivity contribution in [3.63, 3.8) is 0 Å². The molecule has 0 amide bonds. The van der Waals surface area contributed by atoms with Gasteiger partial charge in [0.1, 0.15) is 0 Å². The number of nitrogens with zero attached hydrogens (tertiary/aromatic N) is 1. The molecule has 0 spiro atoms. The normalized spacial score (nSPS) is 27.1. The molecule has 1 heterocycles. The van der Waals surface area contributed by atoms with E-state index in [-0.39, 0.29) is 0 Å². The van der Waals surface area contributed by atoms with Gasteiger partial charge in [0.2, 0.25) is 0 Å². The number of piperidine rings is 1. The predicted molar refractivity (Wildman–Crippen MR) is 85.2 cm³/mol. The van der Waals surface area contributed by atoms with Crippen LogP contribution in [0.4, 0.5) is 0 Å². The van der Waals surface area contributed by atoms with E-state index in [9.17, 15) is 0 Å². The van der Waals surface area contributed by atoms with Gasteiger partial charge in [-0.2, -0.15) is 0 Å². The van der Waals surface area contributed by atoms with Crippen LogP contribution in [-0.2, 0) is 0 Å². The van der Waals surface area contributed by atoms with Crippen molar-refractivity contribution >= 4 is 11.6 Å². The third-order valence-corrected chi connectivity index (χ3v) is 5.20. The molecule has 3 atom stereocenters. The fraction of sp³-hybridized carbons (Fsp3) is 0.647. The van der Waals surface area contributed by atoms with E-state index in [2.05, 4.69) is 29.3 Å². The van der Waals surface area contributed by atoms with Gasteiger partial charge in [0, 0.05) is 30.2 Å². The molecule has 1 aliphatic carbocycles. The molecule has 110 valence electrons. The molecule has 20 heavy (non-hydrogen) atoms. The summed E-state index contributed by atoms with van der Waals surface area (Å²) in [6, 6.07) is 9.65. The maximum atomic E-state index is 5.99. The van der Waals surface area contributed by atoms with Crippen LogP contribution in [0.5, 0.6) is 0 Å². The van der Waals surface area contributed by atoms with E-state index in [0.29, 0.717) is 6.04 Å². The van der Waals surface area contributed by atoms with Crippen LogP contribution in [0, 0.1) is 5.92 Å². The number of benzene rings is 1. The summed E-state index contributed by atoms with van der Waals surface area (Å²) in [6.45, 7) is 5.76. The van der Waals surface area contributed by atoms with Crippen LogP contribution in [0.3, 0.4) is 0 Å². The van der Waals surface area contributed by atoms with Crippen molar-refractivity contribution in [2.45, 2.75) is 44.7 Å². The number of halogens is 1. The van der Waals surface area contributed by atoms with Gasteiger partial charge in [0.15, 0.2) is 0 Å². The first-order valence-electron chi connectivity index (χ1n) is 7.99. The molecule has 3 unspecified atom stereocenters. The largest absolute Gasteiger partial charge is 0.310 e. The summed E-state index contributed by atoms with van der Waals surface area (Å²) in [5.41, 5.74) is 1.36. The Labute approximate surface area is 127 Å². The Morgan fingerprint density at radius 1 is 1.30 bits per heavy atom. The second kappa shape index (κ2) is 6.46. The van der Waals surface area contributed by atoms with Crippen molar-refractivity contribution in [2.24, 2.45) is 5.92 Å². The molecule has 1 aromatic carbocycles. The van der Waals surface area contributed by atoms with E-state index >= 15 is 0 Å². The van der Waals surface area contributed by atoms with Crippen LogP contribution < -0.4 is 5.32 Å². The second-order valence-electron chi connectivity index (χ2n) is 6.28. The van der Waals surface area contributed by atoms with E-state index < -0.39 is 0 Å². The highest BCUT2D eigenvalue weighted by Gasteiger charge is 2.37. The SMILES string of the molecule is CCNC(CCN1CC2CCC1C2)c1ccc(Cl)cc1. The molecule has 0 aromatic heterocycles. The summed E-state index contributed by atoms with van der Waals surface area (Å²) >= 11 is 5.99. The topological polar surface area (TPSA) is 15.3 Å². The minimum atomic E-state index is 0.455. The highest BCUT2D eigenvalue weighted by atomic mass is 35.5. The Balaban J connectivity index is 1.58. The van der Waals surface area contributed by atoms with Gasteiger partial charge in [-0.3, -0.25) is 0 Å². The van der Waals surface area contributed by atoms with Crippen LogP contribution in [0.25, 0.3) is 0 Å². The van der Waals surface area contributed by atoms with E-state index in [1.807, 2.05) is 12.1 Å². The van der Waals surface area contributed by atoms with Crippen LogP contribution in [-0.4, -0.2) is 30.6 Å². The average Bonchev–Trinajstić information content (AvgIpc) is 3.07. The van der Waals surface area contributed by atoms with Crippen molar-refractivity contribution < 1.29 is 0 Å². The molecule has 2 bridgehead atoms. The third-order valence-electron chi connectivity index (χ3n) is 4.95. The minimum absolute atomic E-state index is 0.455. The van der Waals surface area contributed by atoms with Gasteiger partial charge in [-0.25, -0.2) is 0 Å². The van der Waals surface area contributed by atoms with Crippen molar-refractivity contribution in [1.29, 1.82) is 0 Å². The summed E-state index contributed by atoms with van der Waals surface area (Å²) in [4.78, 5) is 2.72. The molecule has 2 fully saturated rings. The predicted octanol–water partition coefficient (Wildman–Crippen LogP) is 3.87. The van der Waals surface area contributed by atoms with E-state index in [4.69, 9.17) is 11.6 Å². The standard InChI is InChI=1S/C17H25ClN2/c1-2-19-17(14-4-6-15(18)7-5-14)9-10-20-12-13-3-8-16(20)11-13/h4-7,13,16-17,19H,2-3,8-12H2,1H3. The lowest BCUT2D eigenvalue weighted by Gasteiger charge is -2.29. The van der Waals surface area contributed by atoms with Crippen molar-refractivity contribution in [3.8, 4) is 0 Å². The van der Waals surface area contributed by atoms with Crippen molar-refractivity contribution in [3.05, 3.63) is 34.9 Å². The molecule has 2 nitrogen and oxygen atoms in total. The van der Waals surface area contributed by atoms with Gasteiger partial charge >= 0.3 is 0 Å². The molecule has 1 N–H and O–H groups in total. The minimum Gasteiger partial charge on any atom is -0.310 e.